The third-order valence-corrected chi connectivity index (χ3v) is 6.67. The van der Waals surface area contributed by atoms with Gasteiger partial charge >= 0.3 is 0 Å². The standard InChI is InChI=1S/C28H30FN/c1-2-3-4-5-6-7-22-12-16-26-25-15-13-23(21-10-8-20(19-30)9-11-21)18-24(25)14-17-27(26)28(22)29/h8-11,13-15,17-18,22,28H,2-7,12,16H2,1H3/t22-,28+/m0/s1. The van der Waals surface area contributed by atoms with Crippen molar-refractivity contribution in [2.45, 2.75) is 64.5 Å². The maximum Gasteiger partial charge on any atom is 0.128 e. The van der Waals surface area contributed by atoms with Gasteiger partial charge in [-0.1, -0.05) is 75.4 Å². The fourth-order valence-electron chi connectivity index (χ4n) is 4.90. The highest BCUT2D eigenvalue weighted by molar-refractivity contribution is 5.91. The molecule has 30 heavy (non-hydrogen) atoms. The van der Waals surface area contributed by atoms with Gasteiger partial charge in [0.25, 0.3) is 0 Å². The Kier molecular flexibility index (Phi) is 6.48. The van der Waals surface area contributed by atoms with Crippen LogP contribution in [0.4, 0.5) is 4.39 Å². The lowest BCUT2D eigenvalue weighted by Gasteiger charge is -2.29. The highest BCUT2D eigenvalue weighted by atomic mass is 19.1. The Morgan fingerprint density at radius 2 is 1.70 bits per heavy atom. The zero-order valence-corrected chi connectivity index (χ0v) is 17.8. The van der Waals surface area contributed by atoms with Crippen LogP contribution in [-0.2, 0) is 6.42 Å². The zero-order valence-electron chi connectivity index (χ0n) is 17.8. The number of halogens is 1. The van der Waals surface area contributed by atoms with Gasteiger partial charge in [-0.15, -0.1) is 0 Å². The fraction of sp³-hybridized carbons (Fsp3) is 0.393. The summed E-state index contributed by atoms with van der Waals surface area (Å²) in [4.78, 5) is 0. The van der Waals surface area contributed by atoms with Crippen molar-refractivity contribution in [2.75, 3.05) is 0 Å². The van der Waals surface area contributed by atoms with Crippen LogP contribution >= 0.6 is 0 Å². The maximum absolute atomic E-state index is 15.3. The third-order valence-electron chi connectivity index (χ3n) is 6.67. The fourth-order valence-corrected chi connectivity index (χ4v) is 4.90. The van der Waals surface area contributed by atoms with Gasteiger partial charge in [0.1, 0.15) is 6.17 Å². The monoisotopic (exact) mass is 399 g/mol. The molecule has 1 aliphatic carbocycles. The molecule has 1 nitrogen and oxygen atoms in total. The van der Waals surface area contributed by atoms with Crippen molar-refractivity contribution < 1.29 is 4.39 Å². The molecule has 3 aromatic rings. The molecule has 0 spiro atoms. The molecule has 0 N–H and O–H groups in total. The van der Waals surface area contributed by atoms with Crippen molar-refractivity contribution in [1.29, 1.82) is 5.26 Å². The van der Waals surface area contributed by atoms with E-state index in [0.29, 0.717) is 5.56 Å². The van der Waals surface area contributed by atoms with Crippen LogP contribution in [0.5, 0.6) is 0 Å². The number of rotatable bonds is 7. The summed E-state index contributed by atoms with van der Waals surface area (Å²) < 4.78 is 15.3. The number of hydrogen-bond acceptors (Lipinski definition) is 1. The van der Waals surface area contributed by atoms with E-state index in [1.165, 1.54) is 42.0 Å². The van der Waals surface area contributed by atoms with Gasteiger partial charge in [-0.05, 0) is 76.4 Å². The first-order valence-electron chi connectivity index (χ1n) is 11.4. The Labute approximate surface area is 179 Å². The van der Waals surface area contributed by atoms with Crippen LogP contribution in [0.3, 0.4) is 0 Å². The normalized spacial score (nSPS) is 18.2. The topological polar surface area (TPSA) is 23.8 Å². The molecule has 0 saturated carbocycles. The summed E-state index contributed by atoms with van der Waals surface area (Å²) in [6.45, 7) is 2.23. The molecule has 0 amide bonds. The number of alkyl halides is 1. The van der Waals surface area contributed by atoms with E-state index in [-0.39, 0.29) is 5.92 Å². The number of unbranched alkanes of at least 4 members (excludes halogenated alkanes) is 4. The molecule has 0 fully saturated rings. The summed E-state index contributed by atoms with van der Waals surface area (Å²) in [5, 5.41) is 11.4. The highest BCUT2D eigenvalue weighted by Crippen LogP contribution is 2.43. The van der Waals surface area contributed by atoms with Crippen LogP contribution in [0.15, 0.2) is 54.6 Å². The van der Waals surface area contributed by atoms with Gasteiger partial charge in [-0.2, -0.15) is 5.26 Å². The Balaban J connectivity index is 1.54. The second-order valence-electron chi connectivity index (χ2n) is 8.66. The van der Waals surface area contributed by atoms with Crippen molar-refractivity contribution in [3.63, 3.8) is 0 Å². The van der Waals surface area contributed by atoms with E-state index >= 15 is 4.39 Å². The first-order valence-corrected chi connectivity index (χ1v) is 11.4. The van der Waals surface area contributed by atoms with E-state index in [9.17, 15) is 0 Å². The minimum absolute atomic E-state index is 0.175. The lowest BCUT2D eigenvalue weighted by molar-refractivity contribution is 0.192. The zero-order chi connectivity index (χ0) is 20.9. The average Bonchev–Trinajstić information content (AvgIpc) is 2.79. The maximum atomic E-state index is 15.3. The summed E-state index contributed by atoms with van der Waals surface area (Å²) in [5.41, 5.74) is 5.01. The molecule has 0 aliphatic heterocycles. The van der Waals surface area contributed by atoms with Crippen LogP contribution in [-0.4, -0.2) is 0 Å². The van der Waals surface area contributed by atoms with E-state index in [1.54, 1.807) is 0 Å². The van der Waals surface area contributed by atoms with Gasteiger partial charge < -0.3 is 0 Å². The van der Waals surface area contributed by atoms with Gasteiger partial charge in [-0.3, -0.25) is 0 Å². The Morgan fingerprint density at radius 3 is 2.47 bits per heavy atom. The first-order chi connectivity index (χ1) is 14.7. The lowest BCUT2D eigenvalue weighted by Crippen LogP contribution is -2.18. The summed E-state index contributed by atoms with van der Waals surface area (Å²) >= 11 is 0. The van der Waals surface area contributed by atoms with Gasteiger partial charge in [0.15, 0.2) is 0 Å². The van der Waals surface area contributed by atoms with Crippen molar-refractivity contribution in [2.24, 2.45) is 5.92 Å². The molecule has 0 unspecified atom stereocenters. The molecular formula is C28H30FN. The lowest BCUT2D eigenvalue weighted by atomic mass is 9.78. The van der Waals surface area contributed by atoms with Crippen molar-refractivity contribution >= 4 is 10.8 Å². The quantitative estimate of drug-likeness (QED) is 0.366. The smallest absolute Gasteiger partial charge is 0.128 e. The average molecular weight is 400 g/mol. The van der Waals surface area contributed by atoms with Gasteiger partial charge in [0, 0.05) is 0 Å². The molecule has 154 valence electrons. The first kappa shape index (κ1) is 20.6. The molecule has 4 rings (SSSR count). The van der Waals surface area contributed by atoms with Crippen LogP contribution in [0.1, 0.15) is 74.7 Å². The predicted molar refractivity (Wildman–Crippen MR) is 123 cm³/mol. The summed E-state index contributed by atoms with van der Waals surface area (Å²) in [6, 6.07) is 20.4. The van der Waals surface area contributed by atoms with Crippen LogP contribution in [0, 0.1) is 17.2 Å². The molecule has 0 saturated heterocycles. The number of nitrogens with zero attached hydrogens (tertiary/aromatic N) is 1. The largest absolute Gasteiger partial charge is 0.242 e. The number of nitriles is 1. The third kappa shape index (κ3) is 4.26. The predicted octanol–water partition coefficient (Wildman–Crippen LogP) is 8.31. The minimum atomic E-state index is -0.831. The molecule has 3 aromatic carbocycles. The Morgan fingerprint density at radius 1 is 0.933 bits per heavy atom. The van der Waals surface area contributed by atoms with Crippen LogP contribution in [0.25, 0.3) is 21.9 Å². The van der Waals surface area contributed by atoms with Gasteiger partial charge in [0.05, 0.1) is 11.6 Å². The Hall–Kier alpha value is -2.66. The Bertz CT molecular complexity index is 1040. The second kappa shape index (κ2) is 9.43. The van der Waals surface area contributed by atoms with E-state index in [2.05, 4.69) is 37.3 Å². The second-order valence-corrected chi connectivity index (χ2v) is 8.66. The molecule has 0 heterocycles. The molecule has 1 aliphatic rings. The number of aryl methyl sites for hydroxylation is 1. The van der Waals surface area contributed by atoms with Crippen molar-refractivity contribution in [3.8, 4) is 17.2 Å². The number of benzene rings is 3. The molecule has 0 aromatic heterocycles. The highest BCUT2D eigenvalue weighted by Gasteiger charge is 2.30. The van der Waals surface area contributed by atoms with E-state index in [4.69, 9.17) is 5.26 Å². The van der Waals surface area contributed by atoms with Gasteiger partial charge in [0.2, 0.25) is 0 Å². The molecule has 0 radical (unpaired) electrons. The number of fused-ring (bicyclic) bond motifs is 3. The van der Waals surface area contributed by atoms with Crippen LogP contribution in [0.2, 0.25) is 0 Å². The van der Waals surface area contributed by atoms with E-state index in [1.807, 2.05) is 30.3 Å². The molecule has 0 bridgehead atoms. The summed E-state index contributed by atoms with van der Waals surface area (Å²) in [5.74, 6) is 0.175. The van der Waals surface area contributed by atoms with Crippen molar-refractivity contribution in [3.05, 3.63) is 71.3 Å². The summed E-state index contributed by atoms with van der Waals surface area (Å²) in [6.07, 6.45) is 8.33. The summed E-state index contributed by atoms with van der Waals surface area (Å²) in [7, 11) is 0. The van der Waals surface area contributed by atoms with E-state index < -0.39 is 6.17 Å². The van der Waals surface area contributed by atoms with Crippen LogP contribution < -0.4 is 0 Å². The molecular weight excluding hydrogens is 369 g/mol. The number of hydrogen-bond donors (Lipinski definition) is 0. The minimum Gasteiger partial charge on any atom is -0.242 e. The van der Waals surface area contributed by atoms with E-state index in [0.717, 1.165) is 42.4 Å². The molecule has 2 heteroatoms. The van der Waals surface area contributed by atoms with Gasteiger partial charge in [-0.25, -0.2) is 4.39 Å². The van der Waals surface area contributed by atoms with Crippen molar-refractivity contribution in [1.82, 2.24) is 0 Å². The SMILES string of the molecule is CCCCCCC[C@H]1CCc2c(ccc3cc(-c4ccc(C#N)cc4)ccc23)[C@@H]1F. The molecule has 2 atom stereocenters.